The summed E-state index contributed by atoms with van der Waals surface area (Å²) in [5.41, 5.74) is 2.77. The molecule has 12 heavy (non-hydrogen) atoms. The Labute approximate surface area is 73.0 Å². The fraction of sp³-hybridized carbons (Fsp3) is 0.455. The van der Waals surface area contributed by atoms with Gasteiger partial charge in [0.2, 0.25) is 0 Å². The largest absolute Gasteiger partial charge is 0.508 e. The lowest BCUT2D eigenvalue weighted by molar-refractivity contribution is 0.471. The molecule has 0 saturated heterocycles. The Bertz CT molecular complexity index is 291. The van der Waals surface area contributed by atoms with Crippen LogP contribution in [-0.2, 0) is 6.42 Å². The first-order valence-corrected chi connectivity index (χ1v) is 4.59. The monoisotopic (exact) mass is 162 g/mol. The predicted molar refractivity (Wildman–Crippen MR) is 49.5 cm³/mol. The van der Waals surface area contributed by atoms with Crippen LogP contribution in [0.2, 0.25) is 0 Å². The molecule has 1 aliphatic rings. The number of aryl methyl sites for hydroxylation is 1. The minimum absolute atomic E-state index is 0.405. The second-order valence-corrected chi connectivity index (χ2v) is 3.68. The molecular weight excluding hydrogens is 148 g/mol. The number of hydrogen-bond donors (Lipinski definition) is 1. The SMILES string of the molecule is CC1CCCc2ccc(O)cc21. The molecule has 64 valence electrons. The van der Waals surface area contributed by atoms with Crippen LogP contribution in [0, 0.1) is 0 Å². The predicted octanol–water partition coefficient (Wildman–Crippen LogP) is 2.83. The van der Waals surface area contributed by atoms with Gasteiger partial charge < -0.3 is 5.11 Å². The van der Waals surface area contributed by atoms with E-state index >= 15 is 0 Å². The van der Waals surface area contributed by atoms with Crippen molar-refractivity contribution in [2.45, 2.75) is 32.1 Å². The topological polar surface area (TPSA) is 20.2 Å². The third kappa shape index (κ3) is 1.20. The Morgan fingerprint density at radius 2 is 2.25 bits per heavy atom. The van der Waals surface area contributed by atoms with Crippen LogP contribution >= 0.6 is 0 Å². The minimum atomic E-state index is 0.405. The van der Waals surface area contributed by atoms with Crippen molar-refractivity contribution in [2.75, 3.05) is 0 Å². The highest BCUT2D eigenvalue weighted by Crippen LogP contribution is 2.32. The fourth-order valence-electron chi connectivity index (χ4n) is 2.02. The molecule has 0 radical (unpaired) electrons. The van der Waals surface area contributed by atoms with Crippen LogP contribution in [0.25, 0.3) is 0 Å². The molecule has 0 aliphatic heterocycles. The van der Waals surface area contributed by atoms with Crippen molar-refractivity contribution in [3.05, 3.63) is 29.3 Å². The van der Waals surface area contributed by atoms with E-state index in [-0.39, 0.29) is 0 Å². The van der Waals surface area contributed by atoms with Gasteiger partial charge >= 0.3 is 0 Å². The molecule has 0 heterocycles. The van der Waals surface area contributed by atoms with Gasteiger partial charge in [0, 0.05) is 0 Å². The maximum absolute atomic E-state index is 9.31. The Balaban J connectivity index is 2.47. The van der Waals surface area contributed by atoms with Gasteiger partial charge in [0.1, 0.15) is 5.75 Å². The number of benzene rings is 1. The highest BCUT2D eigenvalue weighted by molar-refractivity contribution is 5.38. The van der Waals surface area contributed by atoms with E-state index in [9.17, 15) is 5.11 Å². The molecule has 1 aromatic rings. The molecule has 0 spiro atoms. The molecule has 1 aliphatic carbocycles. The fourth-order valence-corrected chi connectivity index (χ4v) is 2.02. The highest BCUT2D eigenvalue weighted by Gasteiger charge is 2.15. The van der Waals surface area contributed by atoms with Crippen molar-refractivity contribution in [1.82, 2.24) is 0 Å². The van der Waals surface area contributed by atoms with Crippen molar-refractivity contribution in [3.8, 4) is 5.75 Å². The van der Waals surface area contributed by atoms with Crippen molar-refractivity contribution in [2.24, 2.45) is 0 Å². The standard InChI is InChI=1S/C11H14O/c1-8-3-2-4-9-5-6-10(12)7-11(8)9/h5-8,12H,2-4H2,1H3. The van der Waals surface area contributed by atoms with Gasteiger partial charge in [0.25, 0.3) is 0 Å². The van der Waals surface area contributed by atoms with E-state index in [2.05, 4.69) is 13.0 Å². The molecule has 1 nitrogen and oxygen atoms in total. The second-order valence-electron chi connectivity index (χ2n) is 3.68. The number of rotatable bonds is 0. The average molecular weight is 162 g/mol. The molecule has 1 N–H and O–H groups in total. The average Bonchev–Trinajstić information content (AvgIpc) is 2.07. The van der Waals surface area contributed by atoms with Crippen LogP contribution < -0.4 is 0 Å². The van der Waals surface area contributed by atoms with Gasteiger partial charge in [-0.25, -0.2) is 0 Å². The summed E-state index contributed by atoms with van der Waals surface area (Å²) in [6.45, 7) is 2.23. The van der Waals surface area contributed by atoms with Crippen LogP contribution in [0.1, 0.15) is 36.8 Å². The third-order valence-electron chi connectivity index (χ3n) is 2.74. The first kappa shape index (κ1) is 7.66. The molecule has 0 bridgehead atoms. The molecular formula is C11H14O. The van der Waals surface area contributed by atoms with Crippen LogP contribution in [0.4, 0.5) is 0 Å². The van der Waals surface area contributed by atoms with Gasteiger partial charge in [0.15, 0.2) is 0 Å². The number of hydrogen-bond acceptors (Lipinski definition) is 1. The van der Waals surface area contributed by atoms with Crippen molar-refractivity contribution in [1.29, 1.82) is 0 Å². The van der Waals surface area contributed by atoms with E-state index in [4.69, 9.17) is 0 Å². The molecule has 0 fully saturated rings. The number of aromatic hydroxyl groups is 1. The molecule has 1 unspecified atom stereocenters. The highest BCUT2D eigenvalue weighted by atomic mass is 16.3. The second kappa shape index (κ2) is 2.81. The lowest BCUT2D eigenvalue weighted by Crippen LogP contribution is -2.06. The summed E-state index contributed by atoms with van der Waals surface area (Å²) in [7, 11) is 0. The smallest absolute Gasteiger partial charge is 0.115 e. The normalized spacial score (nSPS) is 21.9. The van der Waals surface area contributed by atoms with E-state index < -0.39 is 0 Å². The van der Waals surface area contributed by atoms with Gasteiger partial charge in [-0.15, -0.1) is 0 Å². The quantitative estimate of drug-likeness (QED) is 0.622. The van der Waals surface area contributed by atoms with E-state index in [1.807, 2.05) is 6.07 Å². The van der Waals surface area contributed by atoms with Crippen molar-refractivity contribution >= 4 is 0 Å². The van der Waals surface area contributed by atoms with Gasteiger partial charge in [-0.1, -0.05) is 13.0 Å². The van der Waals surface area contributed by atoms with E-state index in [0.29, 0.717) is 11.7 Å². The summed E-state index contributed by atoms with van der Waals surface area (Å²) in [4.78, 5) is 0. The summed E-state index contributed by atoms with van der Waals surface area (Å²) >= 11 is 0. The van der Waals surface area contributed by atoms with Crippen molar-refractivity contribution < 1.29 is 5.11 Å². The maximum atomic E-state index is 9.31. The first-order valence-electron chi connectivity index (χ1n) is 4.59. The summed E-state index contributed by atoms with van der Waals surface area (Å²) < 4.78 is 0. The van der Waals surface area contributed by atoms with Gasteiger partial charge in [-0.3, -0.25) is 0 Å². The molecule has 0 aromatic heterocycles. The van der Waals surface area contributed by atoms with E-state index in [0.717, 1.165) is 0 Å². The third-order valence-corrected chi connectivity index (χ3v) is 2.74. The Morgan fingerprint density at radius 3 is 3.08 bits per heavy atom. The minimum Gasteiger partial charge on any atom is -0.508 e. The lowest BCUT2D eigenvalue weighted by atomic mass is 9.84. The molecule has 1 atom stereocenters. The summed E-state index contributed by atoms with van der Waals surface area (Å²) in [6.07, 6.45) is 3.73. The zero-order valence-corrected chi connectivity index (χ0v) is 7.38. The summed E-state index contributed by atoms with van der Waals surface area (Å²) in [5.74, 6) is 1.03. The Hall–Kier alpha value is -0.980. The zero-order chi connectivity index (χ0) is 8.55. The number of phenols is 1. The summed E-state index contributed by atoms with van der Waals surface area (Å²) in [6, 6.07) is 5.76. The van der Waals surface area contributed by atoms with Gasteiger partial charge in [0.05, 0.1) is 0 Å². The number of fused-ring (bicyclic) bond motifs is 1. The molecule has 0 amide bonds. The van der Waals surface area contributed by atoms with Crippen LogP contribution in [0.5, 0.6) is 5.75 Å². The lowest BCUT2D eigenvalue weighted by Gasteiger charge is -2.21. The zero-order valence-electron chi connectivity index (χ0n) is 7.38. The Morgan fingerprint density at radius 1 is 1.42 bits per heavy atom. The van der Waals surface area contributed by atoms with Crippen molar-refractivity contribution in [3.63, 3.8) is 0 Å². The molecule has 2 rings (SSSR count). The molecule has 1 aromatic carbocycles. The van der Waals surface area contributed by atoms with Gasteiger partial charge in [-0.2, -0.15) is 0 Å². The summed E-state index contributed by atoms with van der Waals surface area (Å²) in [5, 5.41) is 9.31. The van der Waals surface area contributed by atoms with E-state index in [1.54, 1.807) is 6.07 Å². The molecule has 1 heteroatoms. The van der Waals surface area contributed by atoms with Crippen LogP contribution in [0.15, 0.2) is 18.2 Å². The maximum Gasteiger partial charge on any atom is 0.115 e. The van der Waals surface area contributed by atoms with E-state index in [1.165, 1.54) is 30.4 Å². The van der Waals surface area contributed by atoms with Crippen LogP contribution in [-0.4, -0.2) is 5.11 Å². The first-order chi connectivity index (χ1) is 5.77. The van der Waals surface area contributed by atoms with Gasteiger partial charge in [-0.05, 0) is 48.4 Å². The Kier molecular flexibility index (Phi) is 1.80. The van der Waals surface area contributed by atoms with Crippen LogP contribution in [0.3, 0.4) is 0 Å². The molecule has 0 saturated carbocycles. The number of phenolic OH excluding ortho intramolecular Hbond substituents is 1.